The van der Waals surface area contributed by atoms with Gasteiger partial charge in [0.2, 0.25) is 17.8 Å². The van der Waals surface area contributed by atoms with E-state index in [4.69, 9.17) is 14.2 Å². The van der Waals surface area contributed by atoms with Crippen LogP contribution in [-0.4, -0.2) is 94.8 Å². The lowest BCUT2D eigenvalue weighted by molar-refractivity contribution is -0.159. The van der Waals surface area contributed by atoms with Crippen LogP contribution in [0.1, 0.15) is 119 Å². The topological polar surface area (TPSA) is 194 Å². The molecule has 1 saturated heterocycles. The number of aliphatic imine (C=N–C) groups is 1. The number of nitrogens with one attached hydrogen (secondary N) is 4. The molecule has 0 bridgehead atoms. The summed E-state index contributed by atoms with van der Waals surface area (Å²) in [5.74, 6) is -2.11. The maximum atomic E-state index is 14.2. The number of guanidine groups is 1. The molecule has 296 valence electrons. The van der Waals surface area contributed by atoms with Gasteiger partial charge in [0.05, 0.1) is 0 Å². The van der Waals surface area contributed by atoms with Crippen LogP contribution in [-0.2, 0) is 28.6 Å². The Hall–Kier alpha value is -4.69. The number of benzene rings is 1. The van der Waals surface area contributed by atoms with Crippen molar-refractivity contribution in [3.8, 4) is 0 Å². The van der Waals surface area contributed by atoms with Gasteiger partial charge in [0.25, 0.3) is 5.91 Å². The second-order valence-electron chi connectivity index (χ2n) is 16.4. The van der Waals surface area contributed by atoms with Crippen LogP contribution in [0, 0.1) is 5.92 Å². The van der Waals surface area contributed by atoms with Gasteiger partial charge in [0.1, 0.15) is 34.9 Å². The Kier molecular flexibility index (Phi) is 16.3. The molecule has 0 aromatic heterocycles. The van der Waals surface area contributed by atoms with E-state index in [1.807, 2.05) is 13.8 Å². The number of alkyl carbamates (subject to hydrolysis) is 2. The highest BCUT2D eigenvalue weighted by Crippen LogP contribution is 2.22. The highest BCUT2D eigenvalue weighted by molar-refractivity contribution is 6.01. The van der Waals surface area contributed by atoms with E-state index in [1.165, 1.54) is 4.90 Å². The van der Waals surface area contributed by atoms with Crippen LogP contribution in [0.4, 0.5) is 9.59 Å². The molecule has 0 aliphatic carbocycles. The lowest BCUT2D eigenvalue weighted by Gasteiger charge is -2.30. The molecule has 1 aliphatic heterocycles. The van der Waals surface area contributed by atoms with Gasteiger partial charge in [-0.05, 0) is 112 Å². The minimum Gasteiger partial charge on any atom is -0.458 e. The van der Waals surface area contributed by atoms with Gasteiger partial charge in [-0.2, -0.15) is 0 Å². The van der Waals surface area contributed by atoms with E-state index < -0.39 is 70.8 Å². The average Bonchev–Trinajstić information content (AvgIpc) is 3.49. The lowest BCUT2D eigenvalue weighted by Crippen LogP contribution is -2.55. The third kappa shape index (κ3) is 17.1. The number of carbonyl (C=O) groups excluding carboxylic acids is 6. The van der Waals surface area contributed by atoms with Crippen molar-refractivity contribution in [1.29, 1.82) is 0 Å². The minimum atomic E-state index is -1.05. The Morgan fingerprint density at radius 2 is 1.34 bits per heavy atom. The summed E-state index contributed by atoms with van der Waals surface area (Å²) in [4.78, 5) is 84.9. The third-order valence-corrected chi connectivity index (χ3v) is 7.35. The summed E-state index contributed by atoms with van der Waals surface area (Å²) in [6.45, 7) is 19.5. The molecular formula is C38H60N6O9. The third-order valence-electron chi connectivity index (χ3n) is 7.35. The average molecular weight is 745 g/mol. The van der Waals surface area contributed by atoms with Crippen LogP contribution in [0.15, 0.2) is 35.3 Å². The van der Waals surface area contributed by atoms with Gasteiger partial charge in [0.15, 0.2) is 0 Å². The van der Waals surface area contributed by atoms with Gasteiger partial charge in [-0.1, -0.05) is 32.0 Å². The van der Waals surface area contributed by atoms with Crippen molar-refractivity contribution in [2.75, 3.05) is 13.1 Å². The molecule has 0 spiro atoms. The molecule has 53 heavy (non-hydrogen) atoms. The monoisotopic (exact) mass is 744 g/mol. The van der Waals surface area contributed by atoms with Crippen molar-refractivity contribution in [2.24, 2.45) is 10.9 Å². The smallest absolute Gasteiger partial charge is 0.414 e. The van der Waals surface area contributed by atoms with E-state index in [2.05, 4.69) is 26.3 Å². The Labute approximate surface area is 313 Å². The predicted octanol–water partition coefficient (Wildman–Crippen LogP) is 4.83. The van der Waals surface area contributed by atoms with Gasteiger partial charge in [-0.25, -0.2) is 14.4 Å². The summed E-state index contributed by atoms with van der Waals surface area (Å²) in [6, 6.07) is 5.60. The first-order chi connectivity index (χ1) is 24.4. The van der Waals surface area contributed by atoms with Crippen molar-refractivity contribution < 1.29 is 43.0 Å². The minimum absolute atomic E-state index is 0.0165. The fourth-order valence-corrected chi connectivity index (χ4v) is 5.32. The first-order valence-corrected chi connectivity index (χ1v) is 18.2. The molecular weight excluding hydrogens is 684 g/mol. The summed E-state index contributed by atoms with van der Waals surface area (Å²) < 4.78 is 16.2. The molecule has 15 nitrogen and oxygen atoms in total. The van der Waals surface area contributed by atoms with Crippen molar-refractivity contribution >= 4 is 41.8 Å². The lowest BCUT2D eigenvalue weighted by atomic mass is 10.0. The van der Waals surface area contributed by atoms with Crippen LogP contribution in [0.25, 0.3) is 0 Å². The molecule has 4 N–H and O–H groups in total. The molecule has 1 aromatic carbocycles. The number of rotatable bonds is 12. The van der Waals surface area contributed by atoms with E-state index in [-0.39, 0.29) is 37.8 Å². The summed E-state index contributed by atoms with van der Waals surface area (Å²) >= 11 is 0. The van der Waals surface area contributed by atoms with Crippen LogP contribution < -0.4 is 21.3 Å². The Balaban J connectivity index is 2.29. The van der Waals surface area contributed by atoms with E-state index in [0.29, 0.717) is 24.8 Å². The van der Waals surface area contributed by atoms with Gasteiger partial charge >= 0.3 is 18.2 Å². The van der Waals surface area contributed by atoms with E-state index in [9.17, 15) is 28.8 Å². The predicted molar refractivity (Wildman–Crippen MR) is 200 cm³/mol. The van der Waals surface area contributed by atoms with Crippen molar-refractivity contribution in [3.05, 3.63) is 35.9 Å². The SMILES string of the molecule is CC(C)C[C@H](NC(=O)[C@@H]1CCCN1C(=O)[C@H](CCCN=C(NC(=O)OC(C)(C)C)NC(=O)OC(C)(C)C)NC(=O)c1ccccc1)C(=O)OC(C)(C)C. The van der Waals surface area contributed by atoms with Gasteiger partial charge < -0.3 is 29.7 Å². The maximum absolute atomic E-state index is 14.2. The first-order valence-electron chi connectivity index (χ1n) is 18.2. The molecule has 1 heterocycles. The van der Waals surface area contributed by atoms with E-state index in [1.54, 1.807) is 92.6 Å². The highest BCUT2D eigenvalue weighted by atomic mass is 16.6. The highest BCUT2D eigenvalue weighted by Gasteiger charge is 2.39. The number of carbonyl (C=O) groups is 6. The Morgan fingerprint density at radius 1 is 0.792 bits per heavy atom. The summed E-state index contributed by atoms with van der Waals surface area (Å²) in [7, 11) is 0. The standard InChI is InChI=1S/C38H60N6O9/c1-24(2)23-27(32(48)51-36(3,4)5)41-30(46)28-20-16-22-44(28)31(47)26(40-29(45)25-17-13-12-14-18-25)19-15-21-39-33(42-34(49)52-37(6,7)8)43-35(50)53-38(9,10)11/h12-14,17-18,24,26-28H,15-16,19-23H2,1-11H3,(H,40,45)(H,41,46)(H2,39,42,43,49,50)/t26-,27-,28-/m0/s1. The van der Waals surface area contributed by atoms with Crippen LogP contribution in [0.5, 0.6) is 0 Å². The molecule has 1 fully saturated rings. The molecule has 0 unspecified atom stereocenters. The zero-order chi connectivity index (χ0) is 40.1. The molecule has 5 amide bonds. The van der Waals surface area contributed by atoms with Crippen molar-refractivity contribution in [3.63, 3.8) is 0 Å². The van der Waals surface area contributed by atoms with Gasteiger partial charge in [0, 0.05) is 18.7 Å². The van der Waals surface area contributed by atoms with Crippen molar-refractivity contribution in [2.45, 2.75) is 143 Å². The van der Waals surface area contributed by atoms with Crippen LogP contribution in [0.2, 0.25) is 0 Å². The van der Waals surface area contributed by atoms with E-state index in [0.717, 1.165) is 0 Å². The number of hydrogen-bond donors (Lipinski definition) is 4. The number of ether oxygens (including phenoxy) is 3. The zero-order valence-corrected chi connectivity index (χ0v) is 33.2. The number of amides is 5. The second kappa shape index (κ2) is 19.4. The quantitative estimate of drug-likeness (QED) is 0.0762. The van der Waals surface area contributed by atoms with E-state index >= 15 is 0 Å². The second-order valence-corrected chi connectivity index (χ2v) is 16.4. The Bertz CT molecular complexity index is 1430. The zero-order valence-electron chi connectivity index (χ0n) is 33.2. The van der Waals surface area contributed by atoms with Crippen LogP contribution in [0.3, 0.4) is 0 Å². The fourth-order valence-electron chi connectivity index (χ4n) is 5.32. The summed E-state index contributed by atoms with van der Waals surface area (Å²) in [6.07, 6.45) is -0.102. The number of likely N-dealkylation sites (tertiary alicyclic amines) is 1. The molecule has 1 aromatic rings. The van der Waals surface area contributed by atoms with Crippen LogP contribution >= 0.6 is 0 Å². The molecule has 1 aliphatic rings. The van der Waals surface area contributed by atoms with Gasteiger partial charge in [-0.15, -0.1) is 0 Å². The largest absolute Gasteiger partial charge is 0.458 e. The normalized spacial score (nSPS) is 15.8. The molecule has 15 heteroatoms. The number of nitrogens with zero attached hydrogens (tertiary/aromatic N) is 2. The fraction of sp³-hybridized carbons (Fsp3) is 0.658. The maximum Gasteiger partial charge on any atom is 0.414 e. The number of esters is 1. The van der Waals surface area contributed by atoms with Gasteiger partial charge in [-0.3, -0.25) is 30.0 Å². The first kappa shape index (κ1) is 44.5. The summed E-state index contributed by atoms with van der Waals surface area (Å²) in [5.41, 5.74) is -2.04. The molecule has 0 radical (unpaired) electrons. The summed E-state index contributed by atoms with van der Waals surface area (Å²) in [5, 5.41) is 10.5. The number of hydrogen-bond acceptors (Lipinski definition) is 10. The molecule has 0 saturated carbocycles. The Morgan fingerprint density at radius 3 is 1.85 bits per heavy atom. The molecule has 2 rings (SSSR count). The van der Waals surface area contributed by atoms with Crippen molar-refractivity contribution in [1.82, 2.24) is 26.2 Å². The molecule has 3 atom stereocenters.